The highest BCUT2D eigenvalue weighted by Gasteiger charge is 2.12. The zero-order chi connectivity index (χ0) is 12.3. The summed E-state index contributed by atoms with van der Waals surface area (Å²) in [5.41, 5.74) is 7.85. The van der Waals surface area contributed by atoms with Crippen LogP contribution in [-0.4, -0.2) is 21.9 Å². The average molecular weight is 232 g/mol. The molecule has 90 valence electrons. The Kier molecular flexibility index (Phi) is 3.27. The van der Waals surface area contributed by atoms with Crippen LogP contribution in [0.3, 0.4) is 0 Å². The molecule has 2 N–H and O–H groups in total. The van der Waals surface area contributed by atoms with Gasteiger partial charge in [-0.15, -0.1) is 0 Å². The van der Waals surface area contributed by atoms with Crippen molar-refractivity contribution >= 4 is 5.82 Å². The maximum absolute atomic E-state index is 5.84. The molecule has 0 aliphatic heterocycles. The second kappa shape index (κ2) is 4.86. The van der Waals surface area contributed by atoms with Gasteiger partial charge in [0, 0.05) is 24.7 Å². The fraction of sp³-hybridized carbons (Fsp3) is 0.333. The first-order valence-electron chi connectivity index (χ1n) is 5.54. The molecule has 2 aromatic rings. The summed E-state index contributed by atoms with van der Waals surface area (Å²) in [4.78, 5) is 4.08. The van der Waals surface area contributed by atoms with E-state index in [1.807, 2.05) is 23.7 Å². The zero-order valence-corrected chi connectivity index (χ0v) is 10.1. The molecule has 5 nitrogen and oxygen atoms in total. The number of hydrogen-bond donors (Lipinski definition) is 1. The van der Waals surface area contributed by atoms with Crippen LogP contribution in [0.4, 0.5) is 5.82 Å². The maximum atomic E-state index is 5.84. The van der Waals surface area contributed by atoms with Crippen LogP contribution in [0, 0.1) is 0 Å². The molecule has 0 unspecified atom stereocenters. The fourth-order valence-electron chi connectivity index (χ4n) is 1.80. The van der Waals surface area contributed by atoms with Gasteiger partial charge in [-0.3, -0.25) is 4.68 Å². The Morgan fingerprint density at radius 3 is 2.94 bits per heavy atom. The molecule has 2 aromatic heterocycles. The lowest BCUT2D eigenvalue weighted by Crippen LogP contribution is -2.06. The van der Waals surface area contributed by atoms with E-state index in [9.17, 15) is 0 Å². The number of aromatic nitrogens is 3. The van der Waals surface area contributed by atoms with Gasteiger partial charge in [0.05, 0.1) is 19.0 Å². The van der Waals surface area contributed by atoms with Gasteiger partial charge in [-0.05, 0) is 13.0 Å². The van der Waals surface area contributed by atoms with Crippen LogP contribution >= 0.6 is 0 Å². The van der Waals surface area contributed by atoms with Crippen molar-refractivity contribution in [2.45, 2.75) is 19.9 Å². The Labute approximate surface area is 100 Å². The minimum Gasteiger partial charge on any atom is -0.493 e. The Morgan fingerprint density at radius 1 is 1.47 bits per heavy atom. The van der Waals surface area contributed by atoms with Gasteiger partial charge in [-0.1, -0.05) is 6.07 Å². The molecule has 0 atom stereocenters. The van der Waals surface area contributed by atoms with Crippen molar-refractivity contribution in [3.05, 3.63) is 35.8 Å². The predicted molar refractivity (Wildman–Crippen MR) is 65.9 cm³/mol. The summed E-state index contributed by atoms with van der Waals surface area (Å²) in [6, 6.07) is 3.85. The van der Waals surface area contributed by atoms with E-state index >= 15 is 0 Å². The molecule has 2 rings (SSSR count). The van der Waals surface area contributed by atoms with Crippen molar-refractivity contribution in [3.63, 3.8) is 0 Å². The lowest BCUT2D eigenvalue weighted by Gasteiger charge is -2.08. The molecule has 2 heterocycles. The lowest BCUT2D eigenvalue weighted by atomic mass is 10.1. The largest absolute Gasteiger partial charge is 0.493 e. The fourth-order valence-corrected chi connectivity index (χ4v) is 1.80. The van der Waals surface area contributed by atoms with Gasteiger partial charge in [0.25, 0.3) is 0 Å². The van der Waals surface area contributed by atoms with Gasteiger partial charge in [-0.25, -0.2) is 4.98 Å². The molecule has 0 aliphatic rings. The van der Waals surface area contributed by atoms with Gasteiger partial charge in [0.1, 0.15) is 5.82 Å². The molecule has 0 amide bonds. The van der Waals surface area contributed by atoms with Crippen LogP contribution in [-0.2, 0) is 13.0 Å². The van der Waals surface area contributed by atoms with Gasteiger partial charge < -0.3 is 10.5 Å². The van der Waals surface area contributed by atoms with E-state index in [4.69, 9.17) is 10.5 Å². The molecule has 17 heavy (non-hydrogen) atoms. The topological polar surface area (TPSA) is 66.0 Å². The second-order valence-electron chi connectivity index (χ2n) is 3.70. The molecule has 0 spiro atoms. The van der Waals surface area contributed by atoms with Crippen molar-refractivity contribution in [1.29, 1.82) is 0 Å². The van der Waals surface area contributed by atoms with E-state index in [-0.39, 0.29) is 0 Å². The molecule has 5 heteroatoms. The second-order valence-corrected chi connectivity index (χ2v) is 3.70. The Morgan fingerprint density at radius 2 is 2.29 bits per heavy atom. The number of pyridine rings is 1. The van der Waals surface area contributed by atoms with Crippen LogP contribution in [0.25, 0.3) is 0 Å². The number of rotatable bonds is 4. The molecule has 0 radical (unpaired) electrons. The standard InChI is InChI=1S/C12H16N4O/c1-3-16-10(11(17-2)8-15-16)7-9-5-4-6-14-12(9)13/h4-6,8H,3,7H2,1-2H3,(H2,13,14). The van der Waals surface area contributed by atoms with E-state index in [1.165, 1.54) is 0 Å². The summed E-state index contributed by atoms with van der Waals surface area (Å²) >= 11 is 0. The maximum Gasteiger partial charge on any atom is 0.160 e. The van der Waals surface area contributed by atoms with E-state index in [0.29, 0.717) is 12.2 Å². The van der Waals surface area contributed by atoms with Crippen molar-refractivity contribution in [2.75, 3.05) is 12.8 Å². The van der Waals surface area contributed by atoms with Gasteiger partial charge in [0.15, 0.2) is 5.75 Å². The molecule has 0 saturated carbocycles. The highest BCUT2D eigenvalue weighted by atomic mass is 16.5. The highest BCUT2D eigenvalue weighted by molar-refractivity contribution is 5.43. The number of aryl methyl sites for hydroxylation is 1. The Hall–Kier alpha value is -2.04. The van der Waals surface area contributed by atoms with Gasteiger partial charge in [0.2, 0.25) is 0 Å². The summed E-state index contributed by atoms with van der Waals surface area (Å²) in [6.45, 7) is 2.85. The minimum atomic E-state index is 0.554. The summed E-state index contributed by atoms with van der Waals surface area (Å²) < 4.78 is 7.20. The zero-order valence-electron chi connectivity index (χ0n) is 10.1. The number of nitrogen functional groups attached to an aromatic ring is 1. The van der Waals surface area contributed by atoms with Gasteiger partial charge >= 0.3 is 0 Å². The van der Waals surface area contributed by atoms with Crippen molar-refractivity contribution in [2.24, 2.45) is 0 Å². The minimum absolute atomic E-state index is 0.554. The Balaban J connectivity index is 2.35. The van der Waals surface area contributed by atoms with Crippen LogP contribution in [0.15, 0.2) is 24.5 Å². The smallest absolute Gasteiger partial charge is 0.160 e. The number of methoxy groups -OCH3 is 1. The van der Waals surface area contributed by atoms with Crippen LogP contribution in [0.2, 0.25) is 0 Å². The highest BCUT2D eigenvalue weighted by Crippen LogP contribution is 2.22. The summed E-state index contributed by atoms with van der Waals surface area (Å²) in [6.07, 6.45) is 4.09. The lowest BCUT2D eigenvalue weighted by molar-refractivity contribution is 0.408. The average Bonchev–Trinajstić information content (AvgIpc) is 2.74. The van der Waals surface area contributed by atoms with E-state index in [0.717, 1.165) is 23.6 Å². The van der Waals surface area contributed by atoms with E-state index in [1.54, 1.807) is 19.5 Å². The first-order valence-corrected chi connectivity index (χ1v) is 5.54. The van der Waals surface area contributed by atoms with Crippen molar-refractivity contribution < 1.29 is 4.74 Å². The Bertz CT molecular complexity index is 485. The van der Waals surface area contributed by atoms with Crippen LogP contribution in [0.5, 0.6) is 5.75 Å². The molecular weight excluding hydrogens is 216 g/mol. The number of nitrogens with zero attached hydrogens (tertiary/aromatic N) is 3. The third-order valence-corrected chi connectivity index (χ3v) is 2.71. The van der Waals surface area contributed by atoms with Crippen molar-refractivity contribution in [1.82, 2.24) is 14.8 Å². The normalized spacial score (nSPS) is 10.5. The first-order chi connectivity index (χ1) is 8.26. The number of hydrogen-bond acceptors (Lipinski definition) is 4. The van der Waals surface area contributed by atoms with Gasteiger partial charge in [-0.2, -0.15) is 5.10 Å². The predicted octanol–water partition coefficient (Wildman–Crippen LogP) is 1.48. The summed E-state index contributed by atoms with van der Waals surface area (Å²) in [5.74, 6) is 1.34. The van der Waals surface area contributed by atoms with E-state index < -0.39 is 0 Å². The monoisotopic (exact) mass is 232 g/mol. The quantitative estimate of drug-likeness (QED) is 0.867. The first kappa shape index (κ1) is 11.4. The molecule has 0 bridgehead atoms. The number of ether oxygens (including phenoxy) is 1. The third-order valence-electron chi connectivity index (χ3n) is 2.71. The number of anilines is 1. The van der Waals surface area contributed by atoms with Crippen molar-refractivity contribution in [3.8, 4) is 5.75 Å². The molecule has 0 saturated heterocycles. The summed E-state index contributed by atoms with van der Waals surface area (Å²) in [5, 5.41) is 4.26. The summed E-state index contributed by atoms with van der Waals surface area (Å²) in [7, 11) is 1.65. The molecule has 0 fully saturated rings. The molecule has 0 aliphatic carbocycles. The SMILES string of the molecule is CCn1ncc(OC)c1Cc1cccnc1N. The van der Waals surface area contributed by atoms with E-state index in [2.05, 4.69) is 10.1 Å². The van der Waals surface area contributed by atoms with Crippen LogP contribution in [0.1, 0.15) is 18.2 Å². The third kappa shape index (κ3) is 2.22. The number of nitrogens with two attached hydrogens (primary N) is 1. The molecule has 0 aromatic carbocycles. The van der Waals surface area contributed by atoms with Crippen LogP contribution < -0.4 is 10.5 Å². The molecular formula is C12H16N4O.